The van der Waals surface area contributed by atoms with Crippen LogP contribution in [0.3, 0.4) is 0 Å². The quantitative estimate of drug-likeness (QED) is 0.631. The normalized spacial score (nSPS) is 19.0. The number of nitrogens with one attached hydrogen (secondary N) is 1. The zero-order valence-corrected chi connectivity index (χ0v) is 14.9. The first-order valence-electron chi connectivity index (χ1n) is 8.68. The van der Waals surface area contributed by atoms with E-state index < -0.39 is 35.6 Å². The lowest BCUT2D eigenvalue weighted by atomic mass is 9.91. The second kappa shape index (κ2) is 6.61. The molecule has 30 heavy (non-hydrogen) atoms. The van der Waals surface area contributed by atoms with Crippen LogP contribution in [0.1, 0.15) is 27.9 Å². The molecule has 0 saturated heterocycles. The third kappa shape index (κ3) is 3.31. The summed E-state index contributed by atoms with van der Waals surface area (Å²) in [6, 6.07) is 3.97. The smallest absolute Gasteiger partial charge is 0.416 e. The molecule has 156 valence electrons. The average Bonchev–Trinajstić information content (AvgIpc) is 3.19. The summed E-state index contributed by atoms with van der Waals surface area (Å²) >= 11 is 0. The number of hydrogen-bond acceptors (Lipinski definition) is 2. The molecule has 0 spiro atoms. The predicted molar refractivity (Wildman–Crippen MR) is 95.1 cm³/mol. The maximum Gasteiger partial charge on any atom is 0.416 e. The summed E-state index contributed by atoms with van der Waals surface area (Å²) in [6.07, 6.45) is -5.84. The van der Waals surface area contributed by atoms with E-state index in [1.165, 1.54) is 12.2 Å². The number of nitrogens with zero attached hydrogens (tertiary/aromatic N) is 1. The van der Waals surface area contributed by atoms with Crippen LogP contribution in [0.5, 0.6) is 5.88 Å². The van der Waals surface area contributed by atoms with Gasteiger partial charge < -0.3 is 10.1 Å². The molecule has 1 aliphatic carbocycles. The van der Waals surface area contributed by atoms with Gasteiger partial charge in [0.1, 0.15) is 0 Å². The third-order valence-electron chi connectivity index (χ3n) is 4.94. The Bertz CT molecular complexity index is 1120. The van der Waals surface area contributed by atoms with Gasteiger partial charge in [0.25, 0.3) is 5.91 Å². The van der Waals surface area contributed by atoms with Crippen molar-refractivity contribution in [2.24, 2.45) is 10.9 Å². The van der Waals surface area contributed by atoms with Gasteiger partial charge in [-0.15, -0.1) is 0 Å². The van der Waals surface area contributed by atoms with E-state index in [2.05, 4.69) is 9.98 Å². The number of alkyl halides is 6. The van der Waals surface area contributed by atoms with Crippen molar-refractivity contribution < 1.29 is 36.2 Å². The van der Waals surface area contributed by atoms with E-state index in [9.17, 15) is 36.2 Å². The fourth-order valence-corrected chi connectivity index (χ4v) is 3.43. The number of hydrogen-bond donors (Lipinski definition) is 2. The standard InChI is InChI=1S/C20H12F6N2O2/c21-19(22,23)11-5-1-9(2-6-11)15-13-14(18(30)27-15)16(28-17(13)29)10-3-7-12(8-4-10)20(24,25)26/h1-7,12,27,30H,8H2. The molecule has 2 N–H and O–H groups in total. The number of aromatic hydroxyl groups is 1. The second-order valence-electron chi connectivity index (χ2n) is 6.84. The monoisotopic (exact) mass is 426 g/mol. The summed E-state index contributed by atoms with van der Waals surface area (Å²) in [4.78, 5) is 18.9. The SMILES string of the molecule is O=C1N=C(C2=CCC(C(F)(F)F)C=C2)c2c(O)[nH]c(-c3ccc(C(F)(F)F)cc3)c21. The first-order chi connectivity index (χ1) is 14.0. The van der Waals surface area contributed by atoms with Crippen molar-refractivity contribution in [3.63, 3.8) is 0 Å². The zero-order chi connectivity index (χ0) is 21.8. The van der Waals surface area contributed by atoms with E-state index in [0.717, 1.165) is 30.3 Å². The highest BCUT2D eigenvalue weighted by molar-refractivity contribution is 6.31. The number of aromatic nitrogens is 1. The van der Waals surface area contributed by atoms with Gasteiger partial charge in [-0.25, -0.2) is 4.99 Å². The summed E-state index contributed by atoms with van der Waals surface area (Å²) in [5.41, 5.74) is -0.359. The Morgan fingerprint density at radius 3 is 2.23 bits per heavy atom. The third-order valence-corrected chi connectivity index (χ3v) is 4.94. The Labute approximate surface area is 165 Å². The molecule has 10 heteroatoms. The minimum atomic E-state index is -4.53. The summed E-state index contributed by atoms with van der Waals surface area (Å²) < 4.78 is 76.8. The van der Waals surface area contributed by atoms with Gasteiger partial charge >= 0.3 is 12.4 Å². The highest BCUT2D eigenvalue weighted by atomic mass is 19.4. The Morgan fingerprint density at radius 1 is 1.03 bits per heavy atom. The van der Waals surface area contributed by atoms with Crippen molar-refractivity contribution in [2.45, 2.75) is 18.8 Å². The lowest BCUT2D eigenvalue weighted by Gasteiger charge is -2.19. The number of allylic oxidation sites excluding steroid dienone is 4. The molecule has 2 heterocycles. The van der Waals surface area contributed by atoms with Crippen LogP contribution in [0.4, 0.5) is 26.3 Å². The number of benzene rings is 1. The van der Waals surface area contributed by atoms with Gasteiger partial charge in [-0.1, -0.05) is 30.4 Å². The van der Waals surface area contributed by atoms with Gasteiger partial charge in [0.05, 0.1) is 34.0 Å². The summed E-state index contributed by atoms with van der Waals surface area (Å²) in [6.45, 7) is 0. The predicted octanol–water partition coefficient (Wildman–Crippen LogP) is 5.41. The molecular weight excluding hydrogens is 414 g/mol. The number of rotatable bonds is 2. The summed E-state index contributed by atoms with van der Waals surface area (Å²) in [7, 11) is 0. The van der Waals surface area contributed by atoms with Gasteiger partial charge in [-0.2, -0.15) is 26.3 Å². The fourth-order valence-electron chi connectivity index (χ4n) is 3.43. The topological polar surface area (TPSA) is 65.4 Å². The molecule has 1 amide bonds. The maximum absolute atomic E-state index is 12.8. The van der Waals surface area contributed by atoms with Crippen molar-refractivity contribution in [3.8, 4) is 17.1 Å². The van der Waals surface area contributed by atoms with Crippen molar-refractivity contribution in [2.75, 3.05) is 0 Å². The lowest BCUT2D eigenvalue weighted by Crippen LogP contribution is -2.22. The number of halogens is 6. The van der Waals surface area contributed by atoms with E-state index in [1.807, 2.05) is 0 Å². The van der Waals surface area contributed by atoms with E-state index in [-0.39, 0.29) is 40.1 Å². The van der Waals surface area contributed by atoms with Crippen molar-refractivity contribution in [1.82, 2.24) is 4.98 Å². The first-order valence-corrected chi connectivity index (χ1v) is 8.68. The Hall–Kier alpha value is -3.30. The van der Waals surface area contributed by atoms with Crippen LogP contribution in [-0.2, 0) is 6.18 Å². The molecule has 1 unspecified atom stereocenters. The van der Waals surface area contributed by atoms with E-state index in [0.29, 0.717) is 0 Å². The minimum Gasteiger partial charge on any atom is -0.494 e. The number of aromatic amines is 1. The van der Waals surface area contributed by atoms with Crippen LogP contribution < -0.4 is 0 Å². The molecule has 0 fully saturated rings. The lowest BCUT2D eigenvalue weighted by molar-refractivity contribution is -0.160. The molecule has 1 aromatic heterocycles. The molecule has 0 radical (unpaired) electrons. The van der Waals surface area contributed by atoms with Gasteiger partial charge in [0, 0.05) is 0 Å². The molecule has 0 bridgehead atoms. The van der Waals surface area contributed by atoms with E-state index in [1.54, 1.807) is 0 Å². The summed E-state index contributed by atoms with van der Waals surface area (Å²) in [5.74, 6) is -2.85. The number of aliphatic imine (C=N–C) groups is 1. The minimum absolute atomic E-state index is 0.0104. The second-order valence-corrected chi connectivity index (χ2v) is 6.84. The van der Waals surface area contributed by atoms with Gasteiger partial charge in [0.2, 0.25) is 0 Å². The average molecular weight is 426 g/mol. The van der Waals surface area contributed by atoms with Crippen molar-refractivity contribution in [3.05, 3.63) is 64.8 Å². The highest BCUT2D eigenvalue weighted by Crippen LogP contribution is 2.40. The van der Waals surface area contributed by atoms with Crippen molar-refractivity contribution >= 4 is 11.6 Å². The first kappa shape index (κ1) is 20.0. The van der Waals surface area contributed by atoms with Gasteiger partial charge in [-0.3, -0.25) is 4.79 Å². The molecule has 4 nitrogen and oxygen atoms in total. The number of carbonyl (C=O) groups excluding carboxylic acids is 1. The van der Waals surface area contributed by atoms with Crippen LogP contribution in [0.2, 0.25) is 0 Å². The number of H-pyrrole nitrogens is 1. The molecule has 4 rings (SSSR count). The van der Waals surface area contributed by atoms with Gasteiger partial charge in [0.15, 0.2) is 5.88 Å². The number of fused-ring (bicyclic) bond motifs is 1. The molecule has 1 aliphatic heterocycles. The van der Waals surface area contributed by atoms with Crippen LogP contribution >= 0.6 is 0 Å². The largest absolute Gasteiger partial charge is 0.494 e. The van der Waals surface area contributed by atoms with Crippen LogP contribution in [0.25, 0.3) is 11.3 Å². The molecule has 1 aromatic carbocycles. The summed E-state index contributed by atoms with van der Waals surface area (Å²) in [5, 5.41) is 10.3. The van der Waals surface area contributed by atoms with Crippen LogP contribution in [-0.4, -0.2) is 27.9 Å². The Balaban J connectivity index is 1.69. The van der Waals surface area contributed by atoms with Gasteiger partial charge in [-0.05, 0) is 29.7 Å². The van der Waals surface area contributed by atoms with Crippen molar-refractivity contribution in [1.29, 1.82) is 0 Å². The molecular formula is C20H12F6N2O2. The maximum atomic E-state index is 12.8. The molecule has 2 aliphatic rings. The Kier molecular flexibility index (Phi) is 4.41. The van der Waals surface area contributed by atoms with Crippen LogP contribution in [0.15, 0.2) is 53.1 Å². The van der Waals surface area contributed by atoms with E-state index in [4.69, 9.17) is 0 Å². The Morgan fingerprint density at radius 2 is 1.70 bits per heavy atom. The van der Waals surface area contributed by atoms with E-state index >= 15 is 0 Å². The highest BCUT2D eigenvalue weighted by Gasteiger charge is 2.39. The molecule has 2 aromatic rings. The van der Waals surface area contributed by atoms with Crippen LogP contribution in [0, 0.1) is 5.92 Å². The molecule has 0 saturated carbocycles. The fraction of sp³-hybridized carbons (Fsp3) is 0.200. The molecule has 1 atom stereocenters. The number of amides is 1. The zero-order valence-electron chi connectivity index (χ0n) is 14.9. The number of carbonyl (C=O) groups is 1.